The number of hydrogen-bond donors (Lipinski definition) is 0. The van der Waals surface area contributed by atoms with Gasteiger partial charge in [-0.25, -0.2) is 14.1 Å². The van der Waals surface area contributed by atoms with Gasteiger partial charge in [0.05, 0.1) is 7.11 Å². The third-order valence-corrected chi connectivity index (χ3v) is 6.27. The van der Waals surface area contributed by atoms with Crippen molar-refractivity contribution in [3.63, 3.8) is 0 Å². The van der Waals surface area contributed by atoms with Crippen molar-refractivity contribution < 1.29 is 18.8 Å². The van der Waals surface area contributed by atoms with E-state index in [1.54, 1.807) is 0 Å². The third kappa shape index (κ3) is 2.56. The van der Waals surface area contributed by atoms with E-state index in [0.29, 0.717) is 0 Å². The maximum Gasteiger partial charge on any atom is 0.371 e. The van der Waals surface area contributed by atoms with Crippen molar-refractivity contribution in [2.45, 2.75) is 24.5 Å². The summed E-state index contributed by atoms with van der Waals surface area (Å²) < 4.78 is 5.03. The van der Waals surface area contributed by atoms with Gasteiger partial charge in [-0.05, 0) is 6.92 Å². The molecule has 3 aromatic rings. The Kier molecular flexibility index (Phi) is 4.81. The second kappa shape index (κ2) is 7.30. The molecule has 0 radical (unpaired) electrons. The molecule has 1 aliphatic rings. The number of nitrogens with zero attached hydrogens (tertiary/aromatic N) is 1. The molecule has 0 aliphatic carbocycles. The standard InChI is InChI=1S/C25H24NO3/c1-19-23(24(28)29-2)26(19,18-27)25(20-12-6-3-7-13-20,21-14-8-4-9-15-21)22-16-10-5-11-17-22/h3-19,23H,1-2H3/q+1/t19-,23-,26?/m0/s1. The molecule has 0 saturated carbocycles. The summed E-state index contributed by atoms with van der Waals surface area (Å²) in [5.74, 6) is -0.364. The van der Waals surface area contributed by atoms with Gasteiger partial charge in [-0.1, -0.05) is 91.0 Å². The zero-order chi connectivity index (χ0) is 20.5. The molecule has 1 unspecified atom stereocenters. The van der Waals surface area contributed by atoms with Crippen LogP contribution in [0.3, 0.4) is 0 Å². The van der Waals surface area contributed by atoms with Crippen molar-refractivity contribution in [1.82, 2.24) is 0 Å². The van der Waals surface area contributed by atoms with Gasteiger partial charge in [0.25, 0.3) is 0 Å². The molecule has 1 aliphatic heterocycles. The lowest BCUT2D eigenvalue weighted by Gasteiger charge is -2.40. The monoisotopic (exact) mass is 386 g/mol. The average Bonchev–Trinajstić information content (AvgIpc) is 3.41. The Morgan fingerprint density at radius 2 is 1.21 bits per heavy atom. The van der Waals surface area contributed by atoms with Gasteiger partial charge in [-0.15, -0.1) is 0 Å². The molecule has 3 atom stereocenters. The highest BCUT2D eigenvalue weighted by Gasteiger charge is 2.79. The normalized spacial score (nSPS) is 23.2. The average molecular weight is 386 g/mol. The van der Waals surface area contributed by atoms with Crippen molar-refractivity contribution in [2.75, 3.05) is 7.11 Å². The highest BCUT2D eigenvalue weighted by atomic mass is 16.5. The quantitative estimate of drug-likeness (QED) is 0.212. The van der Waals surface area contributed by atoms with Gasteiger partial charge >= 0.3 is 12.4 Å². The molecule has 1 amide bonds. The molecule has 0 aromatic heterocycles. The summed E-state index contributed by atoms with van der Waals surface area (Å²) >= 11 is 0. The number of quaternary nitrogens is 1. The molecule has 3 aromatic carbocycles. The largest absolute Gasteiger partial charge is 0.464 e. The summed E-state index contributed by atoms with van der Waals surface area (Å²) in [6.07, 6.45) is 0.930. The van der Waals surface area contributed by atoms with Gasteiger partial charge in [-0.3, -0.25) is 0 Å². The van der Waals surface area contributed by atoms with E-state index in [-0.39, 0.29) is 16.5 Å². The van der Waals surface area contributed by atoms with Gasteiger partial charge in [0.2, 0.25) is 6.04 Å². The van der Waals surface area contributed by atoms with Crippen LogP contribution in [0.25, 0.3) is 0 Å². The molecular weight excluding hydrogens is 362 g/mol. The zero-order valence-corrected chi connectivity index (χ0v) is 16.6. The number of carbonyl (C=O) groups is 2. The predicted molar refractivity (Wildman–Crippen MR) is 111 cm³/mol. The van der Waals surface area contributed by atoms with Crippen LogP contribution in [0.2, 0.25) is 0 Å². The highest BCUT2D eigenvalue weighted by Crippen LogP contribution is 2.58. The zero-order valence-electron chi connectivity index (χ0n) is 16.6. The van der Waals surface area contributed by atoms with E-state index >= 15 is 0 Å². The van der Waals surface area contributed by atoms with E-state index in [4.69, 9.17) is 4.74 Å². The van der Waals surface area contributed by atoms with Crippen LogP contribution in [-0.4, -0.2) is 36.1 Å². The number of rotatable bonds is 6. The first kappa shape index (κ1) is 19.1. The minimum absolute atomic E-state index is 0.0578. The lowest BCUT2D eigenvalue weighted by Crippen LogP contribution is -2.53. The Labute approximate surface area is 171 Å². The Balaban J connectivity index is 2.13. The lowest BCUT2D eigenvalue weighted by molar-refractivity contribution is -0.786. The van der Waals surface area contributed by atoms with Crippen LogP contribution in [0.15, 0.2) is 91.0 Å². The number of methoxy groups -OCH3 is 1. The Morgan fingerprint density at radius 3 is 1.52 bits per heavy atom. The Morgan fingerprint density at radius 1 is 0.828 bits per heavy atom. The number of carbonyl (C=O) groups excluding carboxylic acids is 2. The van der Waals surface area contributed by atoms with Gasteiger partial charge in [-0.2, -0.15) is 0 Å². The fourth-order valence-corrected chi connectivity index (χ4v) is 4.97. The molecular formula is C25H24NO3+. The topological polar surface area (TPSA) is 43.4 Å². The van der Waals surface area contributed by atoms with Crippen molar-refractivity contribution in [3.05, 3.63) is 108 Å². The van der Waals surface area contributed by atoms with Crippen molar-refractivity contribution in [2.24, 2.45) is 0 Å². The molecule has 29 heavy (non-hydrogen) atoms. The molecule has 1 saturated heterocycles. The smallest absolute Gasteiger partial charge is 0.371 e. The molecule has 4 heteroatoms. The number of hydrogen-bond acceptors (Lipinski definition) is 3. The first-order chi connectivity index (χ1) is 14.1. The van der Waals surface area contributed by atoms with Crippen molar-refractivity contribution in [3.8, 4) is 0 Å². The van der Waals surface area contributed by atoms with Crippen LogP contribution >= 0.6 is 0 Å². The lowest BCUT2D eigenvalue weighted by atomic mass is 9.75. The molecule has 4 rings (SSSR count). The van der Waals surface area contributed by atoms with Gasteiger partial charge in [0.1, 0.15) is 0 Å². The van der Waals surface area contributed by atoms with E-state index in [1.165, 1.54) is 7.11 Å². The molecule has 4 nitrogen and oxygen atoms in total. The number of esters is 1. The van der Waals surface area contributed by atoms with Crippen LogP contribution in [0.1, 0.15) is 23.6 Å². The molecule has 0 spiro atoms. The van der Waals surface area contributed by atoms with Gasteiger partial charge in [0.15, 0.2) is 11.6 Å². The fraction of sp³-hybridized carbons (Fsp3) is 0.200. The first-order valence-electron chi connectivity index (χ1n) is 9.73. The number of ether oxygens (including phenoxy) is 1. The molecule has 0 bridgehead atoms. The van der Waals surface area contributed by atoms with Crippen LogP contribution in [0.4, 0.5) is 0 Å². The Hall–Kier alpha value is -3.24. The minimum atomic E-state index is -0.871. The van der Waals surface area contributed by atoms with Crippen molar-refractivity contribution >= 4 is 12.4 Å². The van der Waals surface area contributed by atoms with Crippen LogP contribution < -0.4 is 0 Å². The summed E-state index contributed by atoms with van der Waals surface area (Å²) in [5, 5.41) is 0. The van der Waals surface area contributed by atoms with E-state index in [2.05, 4.69) is 0 Å². The number of benzene rings is 3. The summed E-state index contributed by atoms with van der Waals surface area (Å²) in [7, 11) is 1.38. The molecule has 146 valence electrons. The highest BCUT2D eigenvalue weighted by molar-refractivity contribution is 5.80. The van der Waals surface area contributed by atoms with Gasteiger partial charge in [0, 0.05) is 16.7 Å². The van der Waals surface area contributed by atoms with E-state index < -0.39 is 11.6 Å². The molecule has 0 N–H and O–H groups in total. The van der Waals surface area contributed by atoms with Crippen LogP contribution in [0, 0.1) is 0 Å². The maximum atomic E-state index is 12.9. The van der Waals surface area contributed by atoms with E-state index in [0.717, 1.165) is 23.1 Å². The molecule has 1 heterocycles. The van der Waals surface area contributed by atoms with Gasteiger partial charge < -0.3 is 4.74 Å². The van der Waals surface area contributed by atoms with E-state index in [9.17, 15) is 9.59 Å². The summed E-state index contributed by atoms with van der Waals surface area (Å²) in [4.78, 5) is 25.6. The minimum Gasteiger partial charge on any atom is -0.464 e. The van der Waals surface area contributed by atoms with Crippen molar-refractivity contribution in [1.29, 1.82) is 0 Å². The predicted octanol–water partition coefficient (Wildman–Crippen LogP) is 3.90. The first-order valence-corrected chi connectivity index (χ1v) is 9.73. The second-order valence-corrected chi connectivity index (χ2v) is 7.46. The van der Waals surface area contributed by atoms with Crippen LogP contribution in [-0.2, 0) is 19.9 Å². The summed E-state index contributed by atoms with van der Waals surface area (Å²) in [5.41, 5.74) is 2.01. The molecule has 1 fully saturated rings. The second-order valence-electron chi connectivity index (χ2n) is 7.46. The SMILES string of the molecule is COC(=O)[C@@H]1[C@H](C)[N+]1(C=O)C(c1ccccc1)(c1ccccc1)c1ccccc1. The summed E-state index contributed by atoms with van der Waals surface area (Å²) in [6, 6.07) is 29.1. The van der Waals surface area contributed by atoms with E-state index in [1.807, 2.05) is 97.9 Å². The number of amides is 1. The maximum absolute atomic E-state index is 12.9. The Bertz CT molecular complexity index is 907. The summed E-state index contributed by atoms with van der Waals surface area (Å²) in [6.45, 7) is 1.94. The fourth-order valence-electron chi connectivity index (χ4n) is 4.97. The third-order valence-electron chi connectivity index (χ3n) is 6.27. The van der Waals surface area contributed by atoms with Crippen LogP contribution in [0.5, 0.6) is 0 Å².